The maximum atomic E-state index is 6.26. The van der Waals surface area contributed by atoms with Crippen LogP contribution in [0.4, 0.5) is 5.82 Å². The SMILES string of the molecule is CCc1nn(-c2cccc(C)c2)c(N2CCN(C)CC2)c1CN(CC)Cc1cccc(Cl)c1. The topological polar surface area (TPSA) is 27.5 Å². The lowest BCUT2D eigenvalue weighted by molar-refractivity contribution is 0.270. The molecule has 1 aliphatic heterocycles. The minimum atomic E-state index is 0.795. The Labute approximate surface area is 203 Å². The lowest BCUT2D eigenvalue weighted by Crippen LogP contribution is -2.45. The summed E-state index contributed by atoms with van der Waals surface area (Å²) in [6, 6.07) is 16.9. The predicted molar refractivity (Wildman–Crippen MR) is 139 cm³/mol. The lowest BCUT2D eigenvalue weighted by Gasteiger charge is -2.35. The van der Waals surface area contributed by atoms with E-state index in [1.807, 2.05) is 12.1 Å². The lowest BCUT2D eigenvalue weighted by atomic mass is 10.1. The van der Waals surface area contributed by atoms with Gasteiger partial charge in [-0.25, -0.2) is 4.68 Å². The van der Waals surface area contributed by atoms with Crippen LogP contribution in [0.25, 0.3) is 5.69 Å². The molecule has 5 nitrogen and oxygen atoms in total. The largest absolute Gasteiger partial charge is 0.354 e. The van der Waals surface area contributed by atoms with E-state index in [0.29, 0.717) is 0 Å². The molecule has 0 bridgehead atoms. The van der Waals surface area contributed by atoms with Crippen LogP contribution >= 0.6 is 11.6 Å². The van der Waals surface area contributed by atoms with E-state index in [-0.39, 0.29) is 0 Å². The molecule has 0 spiro atoms. The Morgan fingerprint density at radius 3 is 2.39 bits per heavy atom. The number of hydrogen-bond donors (Lipinski definition) is 0. The van der Waals surface area contributed by atoms with E-state index in [1.54, 1.807) is 0 Å². The summed E-state index contributed by atoms with van der Waals surface area (Å²) in [6.45, 7) is 13.5. The van der Waals surface area contributed by atoms with Crippen LogP contribution in [-0.4, -0.2) is 59.4 Å². The van der Waals surface area contributed by atoms with Crippen molar-refractivity contribution in [3.8, 4) is 5.69 Å². The fraction of sp³-hybridized carbons (Fsp3) is 0.444. The van der Waals surface area contributed by atoms with Gasteiger partial charge in [-0.05, 0) is 62.3 Å². The summed E-state index contributed by atoms with van der Waals surface area (Å²) in [7, 11) is 2.21. The number of anilines is 1. The van der Waals surface area contributed by atoms with Gasteiger partial charge in [0.1, 0.15) is 5.82 Å². The van der Waals surface area contributed by atoms with Crippen LogP contribution in [0.2, 0.25) is 5.02 Å². The van der Waals surface area contributed by atoms with Gasteiger partial charge in [0.05, 0.1) is 11.4 Å². The van der Waals surface area contributed by atoms with Crippen LogP contribution < -0.4 is 4.90 Å². The summed E-state index contributed by atoms with van der Waals surface area (Å²) in [5.74, 6) is 1.26. The molecule has 2 heterocycles. The van der Waals surface area contributed by atoms with Gasteiger partial charge in [-0.15, -0.1) is 0 Å². The first-order valence-corrected chi connectivity index (χ1v) is 12.4. The maximum absolute atomic E-state index is 6.26. The minimum Gasteiger partial charge on any atom is -0.354 e. The molecule has 33 heavy (non-hydrogen) atoms. The monoisotopic (exact) mass is 465 g/mol. The molecule has 0 unspecified atom stereocenters. The standard InChI is InChI=1S/C27H36ClN5/c1-5-26-25(20-31(6-2)19-22-10-8-11-23(28)18-22)27(32-15-13-30(4)14-16-32)33(29-26)24-12-7-9-21(3)17-24/h7-12,17-18H,5-6,13-16,19-20H2,1-4H3. The molecule has 1 aromatic heterocycles. The molecule has 3 aromatic rings. The normalized spacial score (nSPS) is 14.9. The molecule has 0 radical (unpaired) electrons. The highest BCUT2D eigenvalue weighted by molar-refractivity contribution is 6.30. The summed E-state index contributed by atoms with van der Waals surface area (Å²) in [6.07, 6.45) is 0.920. The summed E-state index contributed by atoms with van der Waals surface area (Å²) in [5, 5.41) is 5.95. The number of aryl methyl sites for hydroxylation is 2. The predicted octanol–water partition coefficient (Wildman–Crippen LogP) is 5.17. The van der Waals surface area contributed by atoms with E-state index >= 15 is 0 Å². The van der Waals surface area contributed by atoms with Gasteiger partial charge in [-0.2, -0.15) is 5.10 Å². The average molecular weight is 466 g/mol. The number of hydrogen-bond acceptors (Lipinski definition) is 4. The highest BCUT2D eigenvalue weighted by Crippen LogP contribution is 2.31. The number of nitrogens with zero attached hydrogens (tertiary/aromatic N) is 5. The van der Waals surface area contributed by atoms with E-state index in [2.05, 4.69) is 83.6 Å². The first-order valence-electron chi connectivity index (χ1n) is 12.1. The van der Waals surface area contributed by atoms with Gasteiger partial charge in [-0.3, -0.25) is 4.90 Å². The minimum absolute atomic E-state index is 0.795. The van der Waals surface area contributed by atoms with E-state index in [1.165, 1.54) is 28.2 Å². The molecule has 1 fully saturated rings. The summed E-state index contributed by atoms with van der Waals surface area (Å²) < 4.78 is 2.19. The average Bonchev–Trinajstić information content (AvgIpc) is 3.17. The molecule has 1 aliphatic rings. The Bertz CT molecular complexity index is 1070. The van der Waals surface area contributed by atoms with Gasteiger partial charge in [0.2, 0.25) is 0 Å². The molecule has 0 saturated carbocycles. The van der Waals surface area contributed by atoms with Crippen molar-refractivity contribution in [2.75, 3.05) is 44.7 Å². The van der Waals surface area contributed by atoms with Gasteiger partial charge < -0.3 is 9.80 Å². The van der Waals surface area contributed by atoms with Gasteiger partial charge >= 0.3 is 0 Å². The van der Waals surface area contributed by atoms with Gasteiger partial charge in [0, 0.05) is 49.9 Å². The van der Waals surface area contributed by atoms with Crippen molar-refractivity contribution in [3.63, 3.8) is 0 Å². The Hall–Kier alpha value is -2.34. The van der Waals surface area contributed by atoms with E-state index in [9.17, 15) is 0 Å². The van der Waals surface area contributed by atoms with Crippen LogP contribution in [0.3, 0.4) is 0 Å². The fourth-order valence-electron chi connectivity index (χ4n) is 4.61. The van der Waals surface area contributed by atoms with Crippen LogP contribution in [0.5, 0.6) is 0 Å². The molecule has 6 heteroatoms. The Morgan fingerprint density at radius 2 is 1.73 bits per heavy atom. The van der Waals surface area contributed by atoms with Crippen molar-refractivity contribution in [2.45, 2.75) is 40.3 Å². The molecule has 1 saturated heterocycles. The summed E-state index contributed by atoms with van der Waals surface area (Å²) >= 11 is 6.26. The van der Waals surface area contributed by atoms with Crippen LogP contribution in [0, 0.1) is 6.92 Å². The van der Waals surface area contributed by atoms with Gasteiger partial charge in [0.25, 0.3) is 0 Å². The molecule has 4 rings (SSSR count). The number of benzene rings is 2. The zero-order valence-corrected chi connectivity index (χ0v) is 21.1. The highest BCUT2D eigenvalue weighted by atomic mass is 35.5. The van der Waals surface area contributed by atoms with E-state index in [0.717, 1.165) is 62.9 Å². The van der Waals surface area contributed by atoms with Crippen molar-refractivity contribution in [2.24, 2.45) is 0 Å². The third-order valence-electron chi connectivity index (χ3n) is 6.55. The Kier molecular flexibility index (Phi) is 7.74. The van der Waals surface area contributed by atoms with Crippen molar-refractivity contribution >= 4 is 17.4 Å². The van der Waals surface area contributed by atoms with Crippen molar-refractivity contribution < 1.29 is 0 Å². The molecule has 0 N–H and O–H groups in total. The zero-order valence-electron chi connectivity index (χ0n) is 20.4. The quantitative estimate of drug-likeness (QED) is 0.458. The molecular weight excluding hydrogens is 430 g/mol. The number of halogens is 1. The zero-order chi connectivity index (χ0) is 23.4. The third-order valence-corrected chi connectivity index (χ3v) is 6.78. The molecule has 0 atom stereocenters. The van der Waals surface area contributed by atoms with Gasteiger partial charge in [-0.1, -0.05) is 49.7 Å². The summed E-state index contributed by atoms with van der Waals surface area (Å²) in [4.78, 5) is 7.43. The molecule has 0 aliphatic carbocycles. The van der Waals surface area contributed by atoms with Crippen LogP contribution in [-0.2, 0) is 19.5 Å². The molecule has 0 amide bonds. The smallest absolute Gasteiger partial charge is 0.137 e. The second-order valence-corrected chi connectivity index (χ2v) is 9.51. The molecule has 2 aromatic carbocycles. The maximum Gasteiger partial charge on any atom is 0.137 e. The number of piperazine rings is 1. The Balaban J connectivity index is 1.73. The Morgan fingerprint density at radius 1 is 0.970 bits per heavy atom. The van der Waals surface area contributed by atoms with Gasteiger partial charge in [0.15, 0.2) is 0 Å². The fourth-order valence-corrected chi connectivity index (χ4v) is 4.82. The second-order valence-electron chi connectivity index (χ2n) is 9.08. The second kappa shape index (κ2) is 10.7. The van der Waals surface area contributed by atoms with Crippen LogP contribution in [0.15, 0.2) is 48.5 Å². The van der Waals surface area contributed by atoms with Crippen LogP contribution in [0.1, 0.15) is 36.2 Å². The third kappa shape index (κ3) is 5.60. The number of likely N-dealkylation sites (N-methyl/N-ethyl adjacent to an activating group) is 1. The molecular formula is C27H36ClN5. The number of aromatic nitrogens is 2. The van der Waals surface area contributed by atoms with Crippen molar-refractivity contribution in [1.29, 1.82) is 0 Å². The van der Waals surface area contributed by atoms with Crippen molar-refractivity contribution in [1.82, 2.24) is 19.6 Å². The highest BCUT2D eigenvalue weighted by Gasteiger charge is 2.26. The van der Waals surface area contributed by atoms with Crippen molar-refractivity contribution in [3.05, 3.63) is 75.9 Å². The summed E-state index contributed by atoms with van der Waals surface area (Å²) in [5.41, 5.74) is 6.18. The molecule has 176 valence electrons. The first-order chi connectivity index (χ1) is 16.0. The van der Waals surface area contributed by atoms with E-state index < -0.39 is 0 Å². The first kappa shape index (κ1) is 23.8. The number of rotatable bonds is 8. The van der Waals surface area contributed by atoms with E-state index in [4.69, 9.17) is 16.7 Å².